The van der Waals surface area contributed by atoms with Crippen LogP contribution in [0.3, 0.4) is 0 Å². The molecule has 2 nitrogen and oxygen atoms in total. The lowest BCUT2D eigenvalue weighted by atomic mass is 10.0. The van der Waals surface area contributed by atoms with E-state index in [0.717, 1.165) is 37.1 Å². The van der Waals surface area contributed by atoms with E-state index in [1.807, 2.05) is 19.9 Å². The maximum absolute atomic E-state index is 13.8. The number of anilines is 1. The van der Waals surface area contributed by atoms with Crippen LogP contribution in [-0.2, 0) is 0 Å². The molecule has 20 heavy (non-hydrogen) atoms. The monoisotopic (exact) mass is 280 g/mol. The summed E-state index contributed by atoms with van der Waals surface area (Å²) in [6, 6.07) is 3.84. The van der Waals surface area contributed by atoms with E-state index in [0.29, 0.717) is 11.6 Å². The van der Waals surface area contributed by atoms with Crippen molar-refractivity contribution in [3.8, 4) is 0 Å². The van der Waals surface area contributed by atoms with Gasteiger partial charge in [0.15, 0.2) is 0 Å². The summed E-state index contributed by atoms with van der Waals surface area (Å²) >= 11 is 0. The van der Waals surface area contributed by atoms with Gasteiger partial charge >= 0.3 is 0 Å². The second kappa shape index (κ2) is 7.63. The number of nitrogens with zero attached hydrogens (tertiary/aromatic N) is 1. The first-order valence-electron chi connectivity index (χ1n) is 7.74. The van der Waals surface area contributed by atoms with E-state index >= 15 is 0 Å². The van der Waals surface area contributed by atoms with Crippen LogP contribution in [0.5, 0.6) is 0 Å². The van der Waals surface area contributed by atoms with Gasteiger partial charge in [0.05, 0.1) is 0 Å². The molecule has 0 amide bonds. The van der Waals surface area contributed by atoms with Crippen LogP contribution < -0.4 is 10.6 Å². The Balaban J connectivity index is 3.26. The molecule has 2 atom stereocenters. The highest BCUT2D eigenvalue weighted by Crippen LogP contribution is 2.30. The van der Waals surface area contributed by atoms with E-state index in [-0.39, 0.29) is 11.9 Å². The van der Waals surface area contributed by atoms with Crippen molar-refractivity contribution in [2.45, 2.75) is 66.0 Å². The van der Waals surface area contributed by atoms with Gasteiger partial charge in [-0.1, -0.05) is 20.3 Å². The van der Waals surface area contributed by atoms with Gasteiger partial charge in [0.25, 0.3) is 0 Å². The van der Waals surface area contributed by atoms with E-state index in [1.54, 1.807) is 6.07 Å². The molecule has 0 aromatic heterocycles. The Morgan fingerprint density at radius 3 is 2.40 bits per heavy atom. The minimum Gasteiger partial charge on any atom is -0.369 e. The molecular weight excluding hydrogens is 251 g/mol. The van der Waals surface area contributed by atoms with E-state index in [9.17, 15) is 4.39 Å². The van der Waals surface area contributed by atoms with Gasteiger partial charge in [0.1, 0.15) is 5.82 Å². The number of benzene rings is 1. The average Bonchev–Trinajstić information content (AvgIpc) is 2.41. The van der Waals surface area contributed by atoms with Crippen molar-refractivity contribution < 1.29 is 4.39 Å². The molecule has 1 aromatic rings. The molecule has 0 aliphatic carbocycles. The highest BCUT2D eigenvalue weighted by atomic mass is 19.1. The highest BCUT2D eigenvalue weighted by Gasteiger charge is 2.19. The first-order valence-corrected chi connectivity index (χ1v) is 7.74. The summed E-state index contributed by atoms with van der Waals surface area (Å²) < 4.78 is 13.8. The quantitative estimate of drug-likeness (QED) is 0.793. The fourth-order valence-corrected chi connectivity index (χ4v) is 2.42. The van der Waals surface area contributed by atoms with Gasteiger partial charge in [0, 0.05) is 24.3 Å². The number of unbranched alkanes of at least 4 members (excludes halogenated alkanes) is 1. The topological polar surface area (TPSA) is 29.3 Å². The van der Waals surface area contributed by atoms with Crippen molar-refractivity contribution >= 4 is 5.69 Å². The zero-order chi connectivity index (χ0) is 15.3. The van der Waals surface area contributed by atoms with Crippen molar-refractivity contribution in [1.82, 2.24) is 0 Å². The van der Waals surface area contributed by atoms with Crippen molar-refractivity contribution in [1.29, 1.82) is 0 Å². The van der Waals surface area contributed by atoms with Crippen LogP contribution in [0, 0.1) is 12.7 Å². The zero-order valence-electron chi connectivity index (χ0n) is 13.5. The van der Waals surface area contributed by atoms with Gasteiger partial charge in [-0.25, -0.2) is 4.39 Å². The molecular formula is C17H29FN2. The Morgan fingerprint density at radius 2 is 1.90 bits per heavy atom. The lowest BCUT2D eigenvalue weighted by molar-refractivity contribution is 0.584. The molecule has 0 radical (unpaired) electrons. The van der Waals surface area contributed by atoms with Gasteiger partial charge in [0.2, 0.25) is 0 Å². The Kier molecular flexibility index (Phi) is 6.47. The lowest BCUT2D eigenvalue weighted by Crippen LogP contribution is -2.35. The number of halogens is 1. The molecule has 1 unspecified atom stereocenters. The minimum atomic E-state index is -0.166. The van der Waals surface area contributed by atoms with Gasteiger partial charge < -0.3 is 10.6 Å². The number of hydrogen-bond donors (Lipinski definition) is 1. The molecule has 1 rings (SSSR count). The average molecular weight is 280 g/mol. The minimum absolute atomic E-state index is 0.159. The van der Waals surface area contributed by atoms with Crippen LogP contribution in [0.1, 0.15) is 64.1 Å². The SMILES string of the molecule is CCCCN(c1cc(C)c(F)cc1[C@H](C)N)C(C)CC. The fourth-order valence-electron chi connectivity index (χ4n) is 2.42. The van der Waals surface area contributed by atoms with Gasteiger partial charge in [-0.2, -0.15) is 0 Å². The highest BCUT2D eigenvalue weighted by molar-refractivity contribution is 5.57. The van der Waals surface area contributed by atoms with Crippen LogP contribution in [0.25, 0.3) is 0 Å². The maximum Gasteiger partial charge on any atom is 0.126 e. The molecule has 2 N–H and O–H groups in total. The molecule has 0 fully saturated rings. The standard InChI is InChI=1S/C17H29FN2/c1-6-8-9-20(13(4)7-2)17-10-12(3)16(18)11-15(17)14(5)19/h10-11,13-14H,6-9,19H2,1-5H3/t13?,14-/m0/s1. The van der Waals surface area contributed by atoms with E-state index < -0.39 is 0 Å². The predicted octanol–water partition coefficient (Wildman–Crippen LogP) is 4.56. The third-order valence-corrected chi connectivity index (χ3v) is 3.98. The molecule has 0 spiro atoms. The number of aryl methyl sites for hydroxylation is 1. The van der Waals surface area contributed by atoms with Crippen LogP contribution >= 0.6 is 0 Å². The molecule has 0 aliphatic heterocycles. The summed E-state index contributed by atoms with van der Waals surface area (Å²) in [6.45, 7) is 11.3. The van der Waals surface area contributed by atoms with Crippen LogP contribution in [-0.4, -0.2) is 12.6 Å². The Hall–Kier alpha value is -1.09. The Morgan fingerprint density at radius 1 is 1.25 bits per heavy atom. The van der Waals surface area contributed by atoms with Crippen LogP contribution in [0.2, 0.25) is 0 Å². The summed E-state index contributed by atoms with van der Waals surface area (Å²) in [7, 11) is 0. The Bertz CT molecular complexity index is 429. The fraction of sp³-hybridized carbons (Fsp3) is 0.647. The second-order valence-electron chi connectivity index (χ2n) is 5.75. The molecule has 1 aromatic carbocycles. The molecule has 0 aliphatic rings. The van der Waals surface area contributed by atoms with Crippen molar-refractivity contribution in [2.24, 2.45) is 5.73 Å². The number of nitrogens with two attached hydrogens (primary N) is 1. The maximum atomic E-state index is 13.8. The van der Waals surface area contributed by atoms with Crippen molar-refractivity contribution in [3.63, 3.8) is 0 Å². The number of rotatable bonds is 7. The largest absolute Gasteiger partial charge is 0.369 e. The van der Waals surface area contributed by atoms with Crippen LogP contribution in [0.15, 0.2) is 12.1 Å². The molecule has 0 bridgehead atoms. The van der Waals surface area contributed by atoms with E-state index in [4.69, 9.17) is 5.73 Å². The summed E-state index contributed by atoms with van der Waals surface area (Å²) in [5.41, 5.74) is 8.74. The second-order valence-corrected chi connectivity index (χ2v) is 5.75. The first kappa shape index (κ1) is 17.0. The van der Waals surface area contributed by atoms with Crippen molar-refractivity contribution in [2.75, 3.05) is 11.4 Å². The molecule has 0 saturated heterocycles. The van der Waals surface area contributed by atoms with Gasteiger partial charge in [-0.05, 0) is 56.9 Å². The smallest absolute Gasteiger partial charge is 0.126 e. The van der Waals surface area contributed by atoms with Crippen molar-refractivity contribution in [3.05, 3.63) is 29.1 Å². The van der Waals surface area contributed by atoms with E-state index in [2.05, 4.69) is 25.7 Å². The molecule has 3 heteroatoms. The molecule has 0 saturated carbocycles. The summed E-state index contributed by atoms with van der Waals surface area (Å²) in [4.78, 5) is 2.38. The summed E-state index contributed by atoms with van der Waals surface area (Å²) in [6.07, 6.45) is 3.36. The Labute approximate surface area is 123 Å². The molecule has 0 heterocycles. The third-order valence-electron chi connectivity index (χ3n) is 3.98. The summed E-state index contributed by atoms with van der Waals surface area (Å²) in [5, 5.41) is 0. The van der Waals surface area contributed by atoms with Gasteiger partial charge in [-0.3, -0.25) is 0 Å². The zero-order valence-corrected chi connectivity index (χ0v) is 13.5. The normalized spacial score (nSPS) is 14.2. The third kappa shape index (κ3) is 3.95. The predicted molar refractivity (Wildman–Crippen MR) is 85.7 cm³/mol. The lowest BCUT2D eigenvalue weighted by Gasteiger charge is -2.33. The number of hydrogen-bond acceptors (Lipinski definition) is 2. The first-order chi connectivity index (χ1) is 9.42. The van der Waals surface area contributed by atoms with E-state index in [1.165, 1.54) is 0 Å². The van der Waals surface area contributed by atoms with Crippen LogP contribution in [0.4, 0.5) is 10.1 Å². The molecule has 114 valence electrons. The van der Waals surface area contributed by atoms with Gasteiger partial charge in [-0.15, -0.1) is 0 Å². The summed E-state index contributed by atoms with van der Waals surface area (Å²) in [5.74, 6) is -0.166.